The van der Waals surface area contributed by atoms with Gasteiger partial charge in [-0.25, -0.2) is 8.42 Å². The van der Waals surface area contributed by atoms with Crippen molar-refractivity contribution in [2.24, 2.45) is 11.1 Å². The third-order valence-electron chi connectivity index (χ3n) is 4.03. The summed E-state index contributed by atoms with van der Waals surface area (Å²) in [4.78, 5) is -0.0598. The third-order valence-corrected chi connectivity index (χ3v) is 6.17. The van der Waals surface area contributed by atoms with Gasteiger partial charge in [-0.2, -0.15) is 13.1 Å². The monoisotopic (exact) mass is 368 g/mol. The Kier molecular flexibility index (Phi) is 5.20. The average Bonchev–Trinajstić information content (AvgIpc) is 2.43. The summed E-state index contributed by atoms with van der Waals surface area (Å²) < 4.78 is 55.4. The molecular weight excluding hydrogens is 350 g/mol. The lowest BCUT2D eigenvalue weighted by Crippen LogP contribution is -2.53. The van der Waals surface area contributed by atoms with E-state index in [1.54, 1.807) is 0 Å². The van der Waals surface area contributed by atoms with Crippen LogP contribution in [0.15, 0.2) is 23.1 Å². The number of nitrogens with zero attached hydrogens (tertiary/aromatic N) is 1. The fourth-order valence-corrected chi connectivity index (χ4v) is 4.46. The largest absolute Gasteiger partial charge is 0.433 e. The van der Waals surface area contributed by atoms with Crippen LogP contribution in [-0.4, -0.2) is 38.5 Å². The highest BCUT2D eigenvalue weighted by molar-refractivity contribution is 7.89. The molecule has 0 aliphatic carbocycles. The summed E-state index contributed by atoms with van der Waals surface area (Å²) in [6.45, 7) is 1.38. The first-order valence-corrected chi connectivity index (χ1v) is 8.86. The van der Waals surface area contributed by atoms with E-state index in [-0.39, 0.29) is 33.7 Å². The van der Waals surface area contributed by atoms with E-state index >= 15 is 0 Å². The van der Waals surface area contributed by atoms with Crippen molar-refractivity contribution in [3.05, 3.63) is 23.2 Å². The zero-order valence-electron chi connectivity index (χ0n) is 12.8. The van der Waals surface area contributed by atoms with Gasteiger partial charge in [0.05, 0.1) is 9.92 Å². The highest BCUT2D eigenvalue weighted by Crippen LogP contribution is 2.34. The number of rotatable bonds is 4. The van der Waals surface area contributed by atoms with Crippen molar-refractivity contribution in [3.63, 3.8) is 0 Å². The first kappa shape index (κ1) is 18.4. The molecule has 130 valence electrons. The first-order valence-electron chi connectivity index (χ1n) is 7.04. The normalized spacial score (nSPS) is 22.3. The summed E-state index contributed by atoms with van der Waals surface area (Å²) in [5.74, 6) is -0.262. The molecule has 0 aromatic heterocycles. The zero-order valence-corrected chi connectivity index (χ0v) is 14.4. The van der Waals surface area contributed by atoms with Crippen LogP contribution in [0.5, 0.6) is 5.75 Å². The number of benzene rings is 1. The molecule has 1 heterocycles. The average molecular weight is 369 g/mol. The maximum Gasteiger partial charge on any atom is 0.387 e. The summed E-state index contributed by atoms with van der Waals surface area (Å²) in [5.41, 5.74) is 5.66. The Balaban J connectivity index is 2.28. The van der Waals surface area contributed by atoms with Crippen molar-refractivity contribution < 1.29 is 21.9 Å². The van der Waals surface area contributed by atoms with Gasteiger partial charge < -0.3 is 10.5 Å². The van der Waals surface area contributed by atoms with Crippen molar-refractivity contribution >= 4 is 21.6 Å². The highest BCUT2D eigenvalue weighted by atomic mass is 35.5. The molecule has 0 saturated carbocycles. The maximum absolute atomic E-state index is 12.7. The van der Waals surface area contributed by atoms with E-state index in [4.69, 9.17) is 17.3 Å². The van der Waals surface area contributed by atoms with Crippen molar-refractivity contribution in [3.8, 4) is 5.75 Å². The molecule has 1 aromatic rings. The summed E-state index contributed by atoms with van der Waals surface area (Å²) in [5, 5.41) is -0.181. The van der Waals surface area contributed by atoms with Gasteiger partial charge in [-0.1, -0.05) is 25.4 Å². The second-order valence-electron chi connectivity index (χ2n) is 6.19. The molecule has 1 aromatic carbocycles. The van der Waals surface area contributed by atoms with E-state index in [2.05, 4.69) is 4.74 Å². The van der Waals surface area contributed by atoms with Crippen LogP contribution < -0.4 is 10.5 Å². The Morgan fingerprint density at radius 2 is 2.09 bits per heavy atom. The molecule has 0 spiro atoms. The van der Waals surface area contributed by atoms with E-state index in [1.807, 2.05) is 13.8 Å². The number of alkyl halides is 2. The fraction of sp³-hybridized carbons (Fsp3) is 0.571. The molecule has 0 bridgehead atoms. The quantitative estimate of drug-likeness (QED) is 0.886. The molecule has 1 aliphatic rings. The Labute approximate surface area is 139 Å². The van der Waals surface area contributed by atoms with Gasteiger partial charge in [0, 0.05) is 19.1 Å². The summed E-state index contributed by atoms with van der Waals surface area (Å²) in [6.07, 6.45) is 0.548. The lowest BCUT2D eigenvalue weighted by Gasteiger charge is -2.41. The van der Waals surface area contributed by atoms with Crippen LogP contribution >= 0.6 is 11.6 Å². The van der Waals surface area contributed by atoms with Gasteiger partial charge in [-0.05, 0) is 30.0 Å². The third kappa shape index (κ3) is 3.93. The maximum atomic E-state index is 12.7. The van der Waals surface area contributed by atoms with E-state index in [9.17, 15) is 17.2 Å². The number of halogens is 3. The SMILES string of the molecule is CC1(C)CN(S(=O)(=O)c2ccc(OC(F)F)c(Cl)c2)CCC1N. The predicted molar refractivity (Wildman–Crippen MR) is 83.2 cm³/mol. The van der Waals surface area contributed by atoms with Gasteiger partial charge in [0.2, 0.25) is 10.0 Å². The molecule has 2 N–H and O–H groups in total. The lowest BCUT2D eigenvalue weighted by molar-refractivity contribution is -0.0498. The lowest BCUT2D eigenvalue weighted by atomic mass is 9.81. The number of hydrogen-bond donors (Lipinski definition) is 1. The second kappa shape index (κ2) is 6.51. The van der Waals surface area contributed by atoms with Gasteiger partial charge in [0.15, 0.2) is 0 Å². The zero-order chi connectivity index (χ0) is 17.4. The summed E-state index contributed by atoms with van der Waals surface area (Å²) in [6, 6.07) is 3.37. The number of hydrogen-bond acceptors (Lipinski definition) is 4. The van der Waals surface area contributed by atoms with Gasteiger partial charge in [-0.3, -0.25) is 0 Å². The van der Waals surface area contributed by atoms with Gasteiger partial charge in [0.25, 0.3) is 0 Å². The number of piperidine rings is 1. The minimum absolute atomic E-state index is 0.0598. The molecule has 9 heteroatoms. The standard InChI is InChI=1S/C14H19ClF2N2O3S/c1-14(2)8-19(6-5-12(14)18)23(20,21)9-3-4-11(10(15)7-9)22-13(16)17/h3-4,7,12-13H,5-6,8,18H2,1-2H3. The Morgan fingerprint density at radius 3 is 2.61 bits per heavy atom. The van der Waals surface area contributed by atoms with E-state index in [1.165, 1.54) is 10.4 Å². The second-order valence-corrected chi connectivity index (χ2v) is 8.54. The van der Waals surface area contributed by atoms with Crippen molar-refractivity contribution in [1.82, 2.24) is 4.31 Å². The molecular formula is C14H19ClF2N2O3S. The first-order chi connectivity index (χ1) is 10.5. The van der Waals surface area contributed by atoms with Gasteiger partial charge >= 0.3 is 6.61 Å². The molecule has 1 aliphatic heterocycles. The van der Waals surface area contributed by atoms with E-state index < -0.39 is 16.6 Å². The minimum Gasteiger partial charge on any atom is -0.433 e. The molecule has 1 fully saturated rings. The van der Waals surface area contributed by atoms with Crippen LogP contribution in [0.3, 0.4) is 0 Å². The molecule has 1 unspecified atom stereocenters. The Bertz CT molecular complexity index is 683. The Morgan fingerprint density at radius 1 is 1.43 bits per heavy atom. The molecule has 2 rings (SSSR count). The highest BCUT2D eigenvalue weighted by Gasteiger charge is 2.38. The van der Waals surface area contributed by atoms with Crippen molar-refractivity contribution in [1.29, 1.82) is 0 Å². The fourth-order valence-electron chi connectivity index (χ4n) is 2.51. The predicted octanol–water partition coefficient (Wildman–Crippen LogP) is 2.69. The number of nitrogens with two attached hydrogens (primary N) is 1. The van der Waals surface area contributed by atoms with Crippen LogP contribution in [0.1, 0.15) is 20.3 Å². The van der Waals surface area contributed by atoms with Crippen molar-refractivity contribution in [2.45, 2.75) is 37.8 Å². The minimum atomic E-state index is -3.77. The van der Waals surface area contributed by atoms with Crippen LogP contribution in [0.2, 0.25) is 5.02 Å². The molecule has 0 amide bonds. The number of sulfonamides is 1. The van der Waals surface area contributed by atoms with E-state index in [0.29, 0.717) is 13.0 Å². The molecule has 5 nitrogen and oxygen atoms in total. The van der Waals surface area contributed by atoms with E-state index in [0.717, 1.165) is 12.1 Å². The van der Waals surface area contributed by atoms with Crippen LogP contribution in [0, 0.1) is 5.41 Å². The molecule has 23 heavy (non-hydrogen) atoms. The van der Waals surface area contributed by atoms with Crippen LogP contribution in [0.4, 0.5) is 8.78 Å². The van der Waals surface area contributed by atoms with Crippen LogP contribution in [0.25, 0.3) is 0 Å². The summed E-state index contributed by atoms with van der Waals surface area (Å²) >= 11 is 5.84. The van der Waals surface area contributed by atoms with Crippen molar-refractivity contribution in [2.75, 3.05) is 13.1 Å². The molecule has 1 saturated heterocycles. The Hall–Kier alpha value is -0.960. The molecule has 0 radical (unpaired) electrons. The topological polar surface area (TPSA) is 72.6 Å². The van der Waals surface area contributed by atoms with Crippen LogP contribution in [-0.2, 0) is 10.0 Å². The molecule has 1 atom stereocenters. The summed E-state index contributed by atoms with van der Waals surface area (Å²) in [7, 11) is -3.77. The smallest absolute Gasteiger partial charge is 0.387 e. The van der Waals surface area contributed by atoms with Gasteiger partial charge in [-0.15, -0.1) is 0 Å². The number of ether oxygens (including phenoxy) is 1. The van der Waals surface area contributed by atoms with Gasteiger partial charge in [0.1, 0.15) is 5.75 Å².